The quantitative estimate of drug-likeness (QED) is 0.833. The zero-order chi connectivity index (χ0) is 15.8. The summed E-state index contributed by atoms with van der Waals surface area (Å²) in [7, 11) is 0. The average Bonchev–Trinajstić information content (AvgIpc) is 2.53. The fraction of sp³-hybridized carbons (Fsp3) is 0.176. The molecule has 2 aromatic rings. The molecule has 22 heavy (non-hydrogen) atoms. The van der Waals surface area contributed by atoms with Crippen LogP contribution in [0, 0.1) is 0 Å². The summed E-state index contributed by atoms with van der Waals surface area (Å²) in [4.78, 5) is 23.4. The highest BCUT2D eigenvalue weighted by Gasteiger charge is 2.06. The van der Waals surface area contributed by atoms with Crippen molar-refractivity contribution in [2.75, 3.05) is 0 Å². The molecule has 0 radical (unpaired) electrons. The van der Waals surface area contributed by atoms with Gasteiger partial charge in [0.15, 0.2) is 0 Å². The minimum absolute atomic E-state index is 0.226. The van der Waals surface area contributed by atoms with Gasteiger partial charge >= 0.3 is 0 Å². The first-order chi connectivity index (χ1) is 10.6. The van der Waals surface area contributed by atoms with Gasteiger partial charge in [-0.1, -0.05) is 54.1 Å². The van der Waals surface area contributed by atoms with Crippen LogP contribution in [0.25, 0.3) is 0 Å². The molecule has 0 heterocycles. The van der Waals surface area contributed by atoms with E-state index in [9.17, 15) is 9.59 Å². The van der Waals surface area contributed by atoms with E-state index in [1.54, 1.807) is 12.1 Å². The third kappa shape index (κ3) is 5.58. The second-order valence-corrected chi connectivity index (χ2v) is 5.32. The summed E-state index contributed by atoms with van der Waals surface area (Å²) >= 11 is 5.80. The van der Waals surface area contributed by atoms with Crippen molar-refractivity contribution in [3.63, 3.8) is 0 Å². The van der Waals surface area contributed by atoms with Crippen LogP contribution in [0.4, 0.5) is 0 Å². The van der Waals surface area contributed by atoms with E-state index in [0.29, 0.717) is 17.9 Å². The zero-order valence-corrected chi connectivity index (χ0v) is 12.8. The van der Waals surface area contributed by atoms with Crippen molar-refractivity contribution in [2.24, 2.45) is 0 Å². The number of carbonyl (C=O) groups is 2. The number of hydrogen-bond acceptors (Lipinski definition) is 2. The maximum atomic E-state index is 11.7. The number of halogens is 1. The molecule has 5 heteroatoms. The van der Waals surface area contributed by atoms with Crippen LogP contribution in [0.3, 0.4) is 0 Å². The fourth-order valence-electron chi connectivity index (χ4n) is 1.94. The first-order valence-corrected chi connectivity index (χ1v) is 7.37. The van der Waals surface area contributed by atoms with Crippen molar-refractivity contribution in [1.29, 1.82) is 0 Å². The molecule has 0 aliphatic rings. The number of hydrazine groups is 1. The Hall–Kier alpha value is -2.33. The smallest absolute Gasteiger partial charge is 0.242 e. The van der Waals surface area contributed by atoms with Gasteiger partial charge in [0, 0.05) is 11.4 Å². The third-order valence-corrected chi connectivity index (χ3v) is 3.35. The topological polar surface area (TPSA) is 58.2 Å². The minimum Gasteiger partial charge on any atom is -0.273 e. The lowest BCUT2D eigenvalue weighted by Crippen LogP contribution is -2.42. The summed E-state index contributed by atoms with van der Waals surface area (Å²) in [6.45, 7) is 0. The molecule has 0 fully saturated rings. The zero-order valence-electron chi connectivity index (χ0n) is 12.0. The van der Waals surface area contributed by atoms with Crippen LogP contribution < -0.4 is 10.9 Å². The maximum absolute atomic E-state index is 11.7. The second kappa shape index (κ2) is 8.20. The molecule has 2 amide bonds. The summed E-state index contributed by atoms with van der Waals surface area (Å²) in [6.07, 6.45) is 1.13. The number of nitrogens with one attached hydrogen (secondary N) is 2. The Labute approximate surface area is 134 Å². The van der Waals surface area contributed by atoms with Crippen molar-refractivity contribution in [1.82, 2.24) is 10.9 Å². The molecule has 114 valence electrons. The Morgan fingerprint density at radius 1 is 0.818 bits per heavy atom. The third-order valence-electron chi connectivity index (χ3n) is 3.10. The predicted octanol–water partition coefficient (Wildman–Crippen LogP) is 2.66. The molecule has 0 saturated carbocycles. The van der Waals surface area contributed by atoms with Crippen LogP contribution in [0.1, 0.15) is 17.5 Å². The fourth-order valence-corrected chi connectivity index (χ4v) is 2.06. The van der Waals surface area contributed by atoms with E-state index in [4.69, 9.17) is 11.6 Å². The molecule has 0 bridgehead atoms. The van der Waals surface area contributed by atoms with Crippen LogP contribution >= 0.6 is 11.6 Å². The van der Waals surface area contributed by atoms with Crippen LogP contribution in [0.2, 0.25) is 5.02 Å². The summed E-state index contributed by atoms with van der Waals surface area (Å²) in [5, 5.41) is 0.668. The van der Waals surface area contributed by atoms with E-state index in [1.807, 2.05) is 42.5 Å². The summed E-state index contributed by atoms with van der Waals surface area (Å²) < 4.78 is 0. The van der Waals surface area contributed by atoms with Gasteiger partial charge < -0.3 is 0 Å². The molecular formula is C17H17ClN2O2. The van der Waals surface area contributed by atoms with Gasteiger partial charge in [0.1, 0.15) is 0 Å². The number of benzene rings is 2. The molecule has 4 nitrogen and oxygen atoms in total. The number of carbonyl (C=O) groups excluding carboxylic acids is 2. The lowest BCUT2D eigenvalue weighted by molar-refractivity contribution is -0.128. The number of rotatable bonds is 5. The monoisotopic (exact) mass is 316 g/mol. The first-order valence-electron chi connectivity index (χ1n) is 6.99. The van der Waals surface area contributed by atoms with E-state index in [0.717, 1.165) is 11.1 Å². The maximum Gasteiger partial charge on any atom is 0.242 e. The number of aryl methyl sites for hydroxylation is 1. The van der Waals surface area contributed by atoms with Gasteiger partial charge in [-0.2, -0.15) is 0 Å². The second-order valence-electron chi connectivity index (χ2n) is 4.89. The Balaban J connectivity index is 1.69. The summed E-state index contributed by atoms with van der Waals surface area (Å²) in [5.74, 6) is -0.470. The van der Waals surface area contributed by atoms with Crippen molar-refractivity contribution in [3.8, 4) is 0 Å². The van der Waals surface area contributed by atoms with E-state index >= 15 is 0 Å². The molecule has 0 saturated heterocycles. The molecule has 2 rings (SSSR count). The first kappa shape index (κ1) is 16.0. The van der Waals surface area contributed by atoms with Crippen molar-refractivity contribution >= 4 is 23.4 Å². The van der Waals surface area contributed by atoms with Gasteiger partial charge in [-0.3, -0.25) is 20.4 Å². The van der Waals surface area contributed by atoms with E-state index in [2.05, 4.69) is 10.9 Å². The van der Waals surface area contributed by atoms with Gasteiger partial charge in [-0.25, -0.2) is 0 Å². The summed E-state index contributed by atoms with van der Waals surface area (Å²) in [5.41, 5.74) is 6.76. The minimum atomic E-state index is -0.244. The molecule has 0 atom stereocenters. The van der Waals surface area contributed by atoms with E-state index in [-0.39, 0.29) is 18.2 Å². The van der Waals surface area contributed by atoms with Gasteiger partial charge in [0.25, 0.3) is 0 Å². The van der Waals surface area contributed by atoms with E-state index < -0.39 is 0 Å². The highest BCUT2D eigenvalue weighted by atomic mass is 35.5. The predicted molar refractivity (Wildman–Crippen MR) is 86.2 cm³/mol. The Morgan fingerprint density at radius 2 is 1.45 bits per heavy atom. The highest BCUT2D eigenvalue weighted by molar-refractivity contribution is 6.30. The van der Waals surface area contributed by atoms with Crippen molar-refractivity contribution in [2.45, 2.75) is 19.3 Å². The summed E-state index contributed by atoms with van der Waals surface area (Å²) in [6, 6.07) is 16.7. The largest absolute Gasteiger partial charge is 0.273 e. The van der Waals surface area contributed by atoms with Gasteiger partial charge in [0.05, 0.1) is 6.42 Å². The SMILES string of the molecule is O=C(CCc1ccc(Cl)cc1)NNC(=O)Cc1ccccc1. The van der Waals surface area contributed by atoms with Gasteiger partial charge in [-0.15, -0.1) is 0 Å². The molecular weight excluding hydrogens is 300 g/mol. The Morgan fingerprint density at radius 3 is 2.14 bits per heavy atom. The van der Waals surface area contributed by atoms with Crippen LogP contribution in [-0.2, 0) is 22.4 Å². The number of amides is 2. The van der Waals surface area contributed by atoms with Crippen LogP contribution in [-0.4, -0.2) is 11.8 Å². The molecule has 0 aliphatic heterocycles. The lowest BCUT2D eigenvalue weighted by Gasteiger charge is -2.07. The van der Waals surface area contributed by atoms with Crippen molar-refractivity contribution < 1.29 is 9.59 Å². The van der Waals surface area contributed by atoms with Crippen LogP contribution in [0.5, 0.6) is 0 Å². The average molecular weight is 317 g/mol. The number of hydrogen-bond donors (Lipinski definition) is 2. The molecule has 0 unspecified atom stereocenters. The lowest BCUT2D eigenvalue weighted by atomic mass is 10.1. The van der Waals surface area contributed by atoms with E-state index in [1.165, 1.54) is 0 Å². The molecule has 2 N–H and O–H groups in total. The van der Waals surface area contributed by atoms with Gasteiger partial charge in [-0.05, 0) is 29.7 Å². The van der Waals surface area contributed by atoms with Crippen molar-refractivity contribution in [3.05, 3.63) is 70.7 Å². The molecule has 0 aliphatic carbocycles. The van der Waals surface area contributed by atoms with Crippen LogP contribution in [0.15, 0.2) is 54.6 Å². The Kier molecular flexibility index (Phi) is 5.98. The standard InChI is InChI=1S/C17H17ClN2O2/c18-15-9-6-13(7-10-15)8-11-16(21)19-20-17(22)12-14-4-2-1-3-5-14/h1-7,9-10H,8,11-12H2,(H,19,21)(H,20,22). The molecule has 0 spiro atoms. The molecule has 2 aromatic carbocycles. The highest BCUT2D eigenvalue weighted by Crippen LogP contribution is 2.10. The molecule has 0 aromatic heterocycles. The Bertz CT molecular complexity index is 627. The normalized spacial score (nSPS) is 10.0. The van der Waals surface area contributed by atoms with Gasteiger partial charge in [0.2, 0.25) is 11.8 Å².